The molecule has 3 nitrogen and oxygen atoms in total. The van der Waals surface area contributed by atoms with Crippen LogP contribution >= 0.6 is 0 Å². The van der Waals surface area contributed by atoms with Crippen molar-refractivity contribution in [2.75, 3.05) is 18.9 Å². The van der Waals surface area contributed by atoms with Crippen molar-refractivity contribution in [2.45, 2.75) is 51.0 Å². The van der Waals surface area contributed by atoms with Gasteiger partial charge in [0, 0.05) is 12.7 Å². The van der Waals surface area contributed by atoms with E-state index in [1.54, 1.807) is 5.97 Å². The fraction of sp³-hybridized carbons (Fsp3) is 0.400. The second-order valence-electron chi connectivity index (χ2n) is 7.51. The van der Waals surface area contributed by atoms with Crippen molar-refractivity contribution >= 4 is 43.1 Å². The van der Waals surface area contributed by atoms with Crippen LogP contribution in [0.15, 0.2) is 43.1 Å². The molecule has 4 heteroatoms. The maximum absolute atomic E-state index is 5.44. The molecule has 1 atom stereocenters. The van der Waals surface area contributed by atoms with Crippen LogP contribution in [0.3, 0.4) is 0 Å². The first-order valence-electron chi connectivity index (χ1n) is 10.6. The van der Waals surface area contributed by atoms with E-state index in [2.05, 4.69) is 59.7 Å². The second kappa shape index (κ2) is 11.5. The summed E-state index contributed by atoms with van der Waals surface area (Å²) in [5.74, 6) is 1.75. The SMILES string of the molecule is [B]=CCCCCCCNc1cccc2c(=C)n(C(CCC=C)C(=C)NC)c(=C)c12. The normalized spacial score (nSPS) is 11.9. The van der Waals surface area contributed by atoms with Crippen LogP contribution < -0.4 is 21.3 Å². The first-order valence-corrected chi connectivity index (χ1v) is 10.6. The molecule has 153 valence electrons. The van der Waals surface area contributed by atoms with Gasteiger partial charge in [-0.3, -0.25) is 0 Å². The molecule has 1 aromatic heterocycles. The quantitative estimate of drug-likeness (QED) is 0.291. The summed E-state index contributed by atoms with van der Waals surface area (Å²) in [7, 11) is 7.35. The molecule has 0 saturated carbocycles. The molecule has 0 aliphatic carbocycles. The molecule has 1 heterocycles. The van der Waals surface area contributed by atoms with Crippen molar-refractivity contribution < 1.29 is 0 Å². The van der Waals surface area contributed by atoms with Gasteiger partial charge in [-0.1, -0.05) is 19.2 Å². The van der Waals surface area contributed by atoms with Crippen molar-refractivity contribution in [3.8, 4) is 0 Å². The molecule has 0 amide bonds. The number of hydrogen-bond donors (Lipinski definition) is 2. The van der Waals surface area contributed by atoms with Gasteiger partial charge in [0.2, 0.25) is 0 Å². The van der Waals surface area contributed by atoms with E-state index in [0.717, 1.165) is 65.1 Å². The molecule has 0 spiro atoms. The Morgan fingerprint density at radius 3 is 2.59 bits per heavy atom. The molecule has 1 radical (unpaired) electrons. The van der Waals surface area contributed by atoms with Crippen molar-refractivity contribution in [3.05, 3.63) is 53.8 Å². The van der Waals surface area contributed by atoms with E-state index < -0.39 is 0 Å². The van der Waals surface area contributed by atoms with Crippen molar-refractivity contribution in [1.29, 1.82) is 0 Å². The standard InChI is InChI=1S/C25H35BN3/c1-6-7-16-24(19(2)27-5)29-20(3)22-14-13-15-23(25(22)21(29)4)28-18-12-10-8-9-11-17-26/h6,13-15,17,24,27-28H,1-4,7-12,16,18H2,5H3. The predicted molar refractivity (Wildman–Crippen MR) is 132 cm³/mol. The molecule has 0 saturated heterocycles. The number of anilines is 1. The molecule has 1 aromatic carbocycles. The van der Waals surface area contributed by atoms with Crippen LogP contribution in [0.4, 0.5) is 5.69 Å². The zero-order chi connectivity index (χ0) is 21.2. The first-order chi connectivity index (χ1) is 14.1. The molecule has 2 rings (SSSR count). The fourth-order valence-corrected chi connectivity index (χ4v) is 3.91. The van der Waals surface area contributed by atoms with Gasteiger partial charge in [-0.05, 0) is 12.8 Å². The Morgan fingerprint density at radius 2 is 1.90 bits per heavy atom. The number of nitrogens with one attached hydrogen (secondary N) is 2. The van der Waals surface area contributed by atoms with Gasteiger partial charge < -0.3 is 5.32 Å². The van der Waals surface area contributed by atoms with E-state index >= 15 is 0 Å². The minimum atomic E-state index is 0.0950. The molecule has 0 bridgehead atoms. The van der Waals surface area contributed by atoms with E-state index in [9.17, 15) is 0 Å². The zero-order valence-electron chi connectivity index (χ0n) is 18.0. The van der Waals surface area contributed by atoms with E-state index in [-0.39, 0.29) is 6.04 Å². The third kappa shape index (κ3) is 5.53. The summed E-state index contributed by atoms with van der Waals surface area (Å²) >= 11 is 0. The van der Waals surface area contributed by atoms with Crippen molar-refractivity contribution in [3.63, 3.8) is 0 Å². The molecule has 29 heavy (non-hydrogen) atoms. The summed E-state index contributed by atoms with van der Waals surface area (Å²) in [5.41, 5.74) is 2.09. The van der Waals surface area contributed by atoms with Crippen LogP contribution in [0.1, 0.15) is 51.0 Å². The van der Waals surface area contributed by atoms with E-state index in [1.807, 2.05) is 13.1 Å². The summed E-state index contributed by atoms with van der Waals surface area (Å²) in [4.78, 5) is 0. The fourth-order valence-electron chi connectivity index (χ4n) is 3.91. The molecule has 1 unspecified atom stereocenters. The van der Waals surface area contributed by atoms with Gasteiger partial charge in [-0.2, -0.15) is 0 Å². The molecule has 2 aromatic rings. The number of fused-ring (bicyclic) bond motifs is 1. The van der Waals surface area contributed by atoms with Gasteiger partial charge in [-0.15, -0.1) is 6.58 Å². The number of allylic oxidation sites excluding steroid dienone is 2. The van der Waals surface area contributed by atoms with Gasteiger partial charge in [0.15, 0.2) is 0 Å². The summed E-state index contributed by atoms with van der Waals surface area (Å²) in [6.07, 6.45) is 9.52. The number of rotatable bonds is 14. The van der Waals surface area contributed by atoms with Gasteiger partial charge in [0.25, 0.3) is 0 Å². The van der Waals surface area contributed by atoms with E-state index in [0.29, 0.717) is 0 Å². The van der Waals surface area contributed by atoms with Crippen LogP contribution in [-0.2, 0) is 0 Å². The third-order valence-electron chi connectivity index (χ3n) is 5.54. The molecule has 0 aliphatic rings. The summed E-state index contributed by atoms with van der Waals surface area (Å²) in [6.45, 7) is 17.9. The van der Waals surface area contributed by atoms with Crippen molar-refractivity contribution in [1.82, 2.24) is 9.88 Å². The van der Waals surface area contributed by atoms with Gasteiger partial charge in [-0.25, -0.2) is 0 Å². The van der Waals surface area contributed by atoms with Gasteiger partial charge in [0.05, 0.1) is 6.04 Å². The van der Waals surface area contributed by atoms with Gasteiger partial charge >= 0.3 is 114 Å². The average Bonchev–Trinajstić information content (AvgIpc) is 2.99. The van der Waals surface area contributed by atoms with Crippen molar-refractivity contribution in [2.24, 2.45) is 0 Å². The summed E-state index contributed by atoms with van der Waals surface area (Å²) < 4.78 is 2.22. The number of nitrogens with zero attached hydrogens (tertiary/aromatic N) is 1. The number of benzene rings is 1. The average molecular weight is 388 g/mol. The number of hydrogen-bond acceptors (Lipinski definition) is 2. The Labute approximate surface area is 177 Å². The molecular formula is C25H35BN3. The number of unbranched alkanes of at least 4 members (excludes halogenated alkanes) is 4. The Balaban J connectivity index is 2.27. The van der Waals surface area contributed by atoms with Crippen LogP contribution in [0.5, 0.6) is 0 Å². The number of likely N-dealkylation sites (N-methyl/N-ethyl adjacent to an activating group) is 1. The second-order valence-corrected chi connectivity index (χ2v) is 7.51. The minimum absolute atomic E-state index is 0.0950. The van der Waals surface area contributed by atoms with E-state index in [1.165, 1.54) is 19.3 Å². The molecule has 2 N–H and O–H groups in total. The number of aromatic nitrogens is 1. The van der Waals surface area contributed by atoms with Crippen LogP contribution in [0.25, 0.3) is 23.9 Å². The summed E-state index contributed by atoms with van der Waals surface area (Å²) in [5, 5.41) is 11.1. The van der Waals surface area contributed by atoms with E-state index in [4.69, 9.17) is 7.49 Å². The molecule has 0 fully saturated rings. The van der Waals surface area contributed by atoms with Crippen LogP contribution in [-0.4, -0.2) is 31.6 Å². The Hall–Kier alpha value is -2.49. The topological polar surface area (TPSA) is 29.0 Å². The predicted octanol–water partition coefficient (Wildman–Crippen LogP) is 4.04. The summed E-state index contributed by atoms with van der Waals surface area (Å²) in [6, 6.07) is 6.45. The third-order valence-corrected chi connectivity index (χ3v) is 5.54. The Morgan fingerprint density at radius 1 is 1.14 bits per heavy atom. The zero-order valence-corrected chi connectivity index (χ0v) is 18.0. The van der Waals surface area contributed by atoms with Gasteiger partial charge in [0.1, 0.15) is 0 Å². The maximum atomic E-state index is 5.44. The Kier molecular flexibility index (Phi) is 9.04. The monoisotopic (exact) mass is 388 g/mol. The van der Waals surface area contributed by atoms with Crippen LogP contribution in [0.2, 0.25) is 0 Å². The molecule has 0 aliphatic heterocycles. The van der Waals surface area contributed by atoms with Crippen LogP contribution in [0, 0.1) is 0 Å². The molecular weight excluding hydrogens is 353 g/mol. The Bertz CT molecular complexity index is 941. The first kappa shape index (κ1) is 22.8.